The Bertz CT molecular complexity index is 414. The molecule has 1 aliphatic heterocycles. The molecule has 0 bridgehead atoms. The lowest BCUT2D eigenvalue weighted by atomic mass is 9.68. The molecule has 1 amide bonds. The van der Waals surface area contributed by atoms with E-state index in [0.717, 1.165) is 32.2 Å². The zero-order valence-electron chi connectivity index (χ0n) is 14.1. The Morgan fingerprint density at radius 2 is 1.82 bits per heavy atom. The van der Waals surface area contributed by atoms with Crippen LogP contribution < -0.4 is 11.1 Å². The van der Waals surface area contributed by atoms with Gasteiger partial charge in [0.15, 0.2) is 5.60 Å². The quantitative estimate of drug-likeness (QED) is 0.781. The van der Waals surface area contributed by atoms with Gasteiger partial charge < -0.3 is 15.8 Å². The first-order chi connectivity index (χ1) is 10.2. The number of carbonyl (C=O) groups is 2. The molecule has 2 aliphatic rings. The van der Waals surface area contributed by atoms with Gasteiger partial charge in [-0.1, -0.05) is 20.8 Å². The van der Waals surface area contributed by atoms with Gasteiger partial charge in [0.2, 0.25) is 0 Å². The van der Waals surface area contributed by atoms with Crippen molar-refractivity contribution in [1.82, 2.24) is 5.32 Å². The van der Waals surface area contributed by atoms with Crippen LogP contribution in [0.3, 0.4) is 0 Å². The maximum Gasteiger partial charge on any atom is 0.311 e. The third kappa shape index (κ3) is 3.80. The third-order valence-electron chi connectivity index (χ3n) is 5.39. The van der Waals surface area contributed by atoms with E-state index in [4.69, 9.17) is 10.5 Å². The molecule has 2 fully saturated rings. The lowest BCUT2D eigenvalue weighted by Gasteiger charge is -2.42. The van der Waals surface area contributed by atoms with Gasteiger partial charge in [0.05, 0.1) is 5.92 Å². The van der Waals surface area contributed by atoms with Crippen LogP contribution in [0.1, 0.15) is 59.3 Å². The topological polar surface area (TPSA) is 81.4 Å². The number of nitrogens with two attached hydrogens (primary N) is 1. The van der Waals surface area contributed by atoms with Gasteiger partial charge in [0.25, 0.3) is 5.91 Å². The molecule has 126 valence electrons. The summed E-state index contributed by atoms with van der Waals surface area (Å²) >= 11 is 0. The Balaban J connectivity index is 2.01. The molecule has 2 rings (SSSR count). The molecule has 3 N–H and O–H groups in total. The smallest absolute Gasteiger partial charge is 0.311 e. The molecule has 1 saturated heterocycles. The number of rotatable bonds is 3. The number of esters is 1. The minimum atomic E-state index is -1.09. The largest absolute Gasteiger partial charge is 0.449 e. The number of primary amides is 1. The van der Waals surface area contributed by atoms with Gasteiger partial charge in [-0.3, -0.25) is 9.59 Å². The Labute approximate surface area is 133 Å². The van der Waals surface area contributed by atoms with Crippen molar-refractivity contribution in [1.29, 1.82) is 0 Å². The van der Waals surface area contributed by atoms with Crippen LogP contribution in [0.5, 0.6) is 0 Å². The van der Waals surface area contributed by atoms with Crippen molar-refractivity contribution in [3.63, 3.8) is 0 Å². The van der Waals surface area contributed by atoms with E-state index in [9.17, 15) is 9.59 Å². The molecule has 0 aromatic heterocycles. The second kappa shape index (κ2) is 6.57. The van der Waals surface area contributed by atoms with Crippen LogP contribution in [-0.4, -0.2) is 30.6 Å². The number of amides is 1. The number of piperidine rings is 1. The molecular formula is C17H30N2O3. The van der Waals surface area contributed by atoms with Crippen LogP contribution >= 0.6 is 0 Å². The highest BCUT2D eigenvalue weighted by Crippen LogP contribution is 2.43. The number of carbonyl (C=O) groups excluding carboxylic acids is 2. The summed E-state index contributed by atoms with van der Waals surface area (Å²) in [5.74, 6) is -0.363. The van der Waals surface area contributed by atoms with Crippen molar-refractivity contribution in [3.05, 3.63) is 0 Å². The molecule has 1 saturated carbocycles. The summed E-state index contributed by atoms with van der Waals surface area (Å²) < 4.78 is 5.69. The van der Waals surface area contributed by atoms with Gasteiger partial charge in [0.1, 0.15) is 0 Å². The van der Waals surface area contributed by atoms with Gasteiger partial charge >= 0.3 is 5.97 Å². The van der Waals surface area contributed by atoms with E-state index in [1.807, 2.05) is 0 Å². The van der Waals surface area contributed by atoms with Gasteiger partial charge in [-0.05, 0) is 56.4 Å². The first kappa shape index (κ1) is 17.3. The highest BCUT2D eigenvalue weighted by Gasteiger charge is 2.46. The summed E-state index contributed by atoms with van der Waals surface area (Å²) in [5.41, 5.74) is 4.73. The summed E-state index contributed by atoms with van der Waals surface area (Å²) in [6.07, 6.45) is 4.65. The van der Waals surface area contributed by atoms with Crippen LogP contribution in [-0.2, 0) is 14.3 Å². The number of hydrogen-bond donors (Lipinski definition) is 2. The average Bonchev–Trinajstić information content (AvgIpc) is 2.47. The molecule has 0 aromatic rings. The molecule has 5 nitrogen and oxygen atoms in total. The number of nitrogens with one attached hydrogen (secondary N) is 1. The van der Waals surface area contributed by atoms with Crippen molar-refractivity contribution in [2.75, 3.05) is 13.1 Å². The van der Waals surface area contributed by atoms with Crippen LogP contribution in [0.2, 0.25) is 0 Å². The van der Waals surface area contributed by atoms with Crippen molar-refractivity contribution in [3.8, 4) is 0 Å². The van der Waals surface area contributed by atoms with Crippen molar-refractivity contribution >= 4 is 11.9 Å². The predicted octanol–water partition coefficient (Wildman–Crippen LogP) is 1.99. The lowest BCUT2D eigenvalue weighted by molar-refractivity contribution is -0.177. The zero-order valence-corrected chi connectivity index (χ0v) is 14.1. The molecule has 1 aliphatic carbocycles. The van der Waals surface area contributed by atoms with Crippen LogP contribution in [0.25, 0.3) is 0 Å². The average molecular weight is 310 g/mol. The van der Waals surface area contributed by atoms with Crippen LogP contribution in [0, 0.1) is 17.3 Å². The molecule has 5 heteroatoms. The van der Waals surface area contributed by atoms with E-state index in [1.165, 1.54) is 0 Å². The van der Waals surface area contributed by atoms with Crippen molar-refractivity contribution in [2.24, 2.45) is 23.0 Å². The highest BCUT2D eigenvalue weighted by atomic mass is 16.6. The molecule has 0 radical (unpaired) electrons. The van der Waals surface area contributed by atoms with E-state index >= 15 is 0 Å². The van der Waals surface area contributed by atoms with E-state index < -0.39 is 11.5 Å². The molecular weight excluding hydrogens is 280 g/mol. The summed E-state index contributed by atoms with van der Waals surface area (Å²) in [6.45, 7) is 8.23. The van der Waals surface area contributed by atoms with Crippen molar-refractivity contribution < 1.29 is 14.3 Å². The minimum absolute atomic E-state index is 0.148. The zero-order chi connectivity index (χ0) is 16.4. The van der Waals surface area contributed by atoms with E-state index in [0.29, 0.717) is 25.3 Å². The lowest BCUT2D eigenvalue weighted by Crippen LogP contribution is -2.52. The standard InChI is InChI=1S/C17H30N2O3/c1-16(2,3)13-6-8-17(9-7-13,15(18)21)22-14(20)12-5-4-10-19-11-12/h12-13,19H,4-11H2,1-3H3,(H2,18,21). The number of hydrogen-bond acceptors (Lipinski definition) is 4. The molecule has 1 unspecified atom stereocenters. The molecule has 1 atom stereocenters. The molecule has 0 aromatic carbocycles. The Kier molecular flexibility index (Phi) is 5.15. The summed E-state index contributed by atoms with van der Waals surface area (Å²) in [6, 6.07) is 0. The first-order valence-electron chi connectivity index (χ1n) is 8.48. The van der Waals surface area contributed by atoms with Crippen molar-refractivity contribution in [2.45, 2.75) is 64.9 Å². The monoisotopic (exact) mass is 310 g/mol. The van der Waals surface area contributed by atoms with Gasteiger partial charge in [-0.2, -0.15) is 0 Å². The van der Waals surface area contributed by atoms with Gasteiger partial charge in [-0.25, -0.2) is 0 Å². The van der Waals surface area contributed by atoms with Crippen LogP contribution in [0.4, 0.5) is 0 Å². The fourth-order valence-corrected chi connectivity index (χ4v) is 3.68. The normalized spacial score (nSPS) is 33.2. The molecule has 22 heavy (non-hydrogen) atoms. The van der Waals surface area contributed by atoms with Gasteiger partial charge in [0, 0.05) is 6.54 Å². The SMILES string of the molecule is CC(C)(C)C1CCC(OC(=O)C2CCCNC2)(C(N)=O)CC1. The maximum atomic E-state index is 12.4. The Morgan fingerprint density at radius 3 is 2.27 bits per heavy atom. The van der Waals surface area contributed by atoms with Crippen LogP contribution in [0.15, 0.2) is 0 Å². The molecule has 0 spiro atoms. The summed E-state index contributed by atoms with van der Waals surface area (Å²) in [5, 5.41) is 3.20. The predicted molar refractivity (Wildman–Crippen MR) is 85.0 cm³/mol. The third-order valence-corrected chi connectivity index (χ3v) is 5.39. The second-order valence-corrected chi connectivity index (χ2v) is 7.96. The number of ether oxygens (including phenoxy) is 1. The Hall–Kier alpha value is -1.10. The van der Waals surface area contributed by atoms with E-state index in [1.54, 1.807) is 0 Å². The first-order valence-corrected chi connectivity index (χ1v) is 8.48. The summed E-state index contributed by atoms with van der Waals surface area (Å²) in [7, 11) is 0. The molecule has 1 heterocycles. The van der Waals surface area contributed by atoms with E-state index in [2.05, 4.69) is 26.1 Å². The fraction of sp³-hybridized carbons (Fsp3) is 0.882. The Morgan fingerprint density at radius 1 is 1.18 bits per heavy atom. The minimum Gasteiger partial charge on any atom is -0.449 e. The highest BCUT2D eigenvalue weighted by molar-refractivity contribution is 5.87. The second-order valence-electron chi connectivity index (χ2n) is 7.96. The van der Waals surface area contributed by atoms with E-state index in [-0.39, 0.29) is 17.3 Å². The maximum absolute atomic E-state index is 12.4. The fourth-order valence-electron chi connectivity index (χ4n) is 3.68. The summed E-state index contributed by atoms with van der Waals surface area (Å²) in [4.78, 5) is 24.4. The van der Waals surface area contributed by atoms with Gasteiger partial charge in [-0.15, -0.1) is 0 Å².